The van der Waals surface area contributed by atoms with Gasteiger partial charge in [-0.15, -0.1) is 0 Å². The van der Waals surface area contributed by atoms with Crippen LogP contribution in [0.2, 0.25) is 0 Å². The normalized spacial score (nSPS) is 10.5. The number of hydrogen-bond donors (Lipinski definition) is 0. The molecule has 3 aromatic rings. The summed E-state index contributed by atoms with van der Waals surface area (Å²) in [7, 11) is 1.68. The van der Waals surface area contributed by atoms with E-state index in [-0.39, 0.29) is 0 Å². The molecule has 0 atom stereocenters. The lowest BCUT2D eigenvalue weighted by Crippen LogP contribution is -1.87. The summed E-state index contributed by atoms with van der Waals surface area (Å²) in [6.45, 7) is 2.17. The van der Waals surface area contributed by atoms with Gasteiger partial charge in [0.05, 0.1) is 7.11 Å². The molecule has 0 spiro atoms. The predicted molar refractivity (Wildman–Crippen MR) is 91.0 cm³/mol. The highest BCUT2D eigenvalue weighted by Gasteiger charge is 2.04. The molecule has 0 fully saturated rings. The van der Waals surface area contributed by atoms with Crippen molar-refractivity contribution >= 4 is 0 Å². The summed E-state index contributed by atoms with van der Waals surface area (Å²) in [4.78, 5) is 4.41. The lowest BCUT2D eigenvalue weighted by Gasteiger charge is -2.08. The van der Waals surface area contributed by atoms with E-state index in [1.807, 2.05) is 30.6 Å². The van der Waals surface area contributed by atoms with Crippen molar-refractivity contribution in [3.63, 3.8) is 0 Å². The summed E-state index contributed by atoms with van der Waals surface area (Å²) in [6.07, 6.45) is 4.84. The van der Waals surface area contributed by atoms with E-state index < -0.39 is 0 Å². The standard InChI is InChI=1S/C20H19NO/c1-3-15-6-4-7-16(10-15)18-11-19(14-21-13-18)17-8-5-9-20(12-17)22-2/h4-14H,3H2,1-2H3. The molecule has 2 heteroatoms. The van der Waals surface area contributed by atoms with Crippen LogP contribution < -0.4 is 4.74 Å². The average molecular weight is 289 g/mol. The molecular formula is C20H19NO. The van der Waals surface area contributed by atoms with Crippen molar-refractivity contribution in [2.75, 3.05) is 7.11 Å². The Morgan fingerprint density at radius 1 is 0.818 bits per heavy atom. The van der Waals surface area contributed by atoms with Gasteiger partial charge in [-0.1, -0.05) is 43.3 Å². The fourth-order valence-electron chi connectivity index (χ4n) is 2.53. The zero-order valence-corrected chi connectivity index (χ0v) is 12.9. The molecule has 0 aliphatic rings. The molecule has 22 heavy (non-hydrogen) atoms. The molecule has 1 heterocycles. The van der Waals surface area contributed by atoms with Gasteiger partial charge in [-0.25, -0.2) is 0 Å². The minimum absolute atomic E-state index is 0.857. The first-order valence-corrected chi connectivity index (χ1v) is 7.49. The number of ether oxygens (including phenoxy) is 1. The zero-order chi connectivity index (χ0) is 15.4. The molecule has 0 aliphatic carbocycles. The Balaban J connectivity index is 2.01. The second-order valence-electron chi connectivity index (χ2n) is 5.25. The van der Waals surface area contributed by atoms with Crippen LogP contribution >= 0.6 is 0 Å². The van der Waals surface area contributed by atoms with Crippen molar-refractivity contribution in [2.24, 2.45) is 0 Å². The lowest BCUT2D eigenvalue weighted by molar-refractivity contribution is 0.415. The molecular weight excluding hydrogens is 270 g/mol. The highest BCUT2D eigenvalue weighted by Crippen LogP contribution is 2.27. The number of hydrogen-bond acceptors (Lipinski definition) is 2. The number of rotatable bonds is 4. The van der Waals surface area contributed by atoms with E-state index >= 15 is 0 Å². The summed E-state index contributed by atoms with van der Waals surface area (Å²) < 4.78 is 5.30. The average Bonchev–Trinajstić information content (AvgIpc) is 2.62. The molecule has 0 saturated heterocycles. The van der Waals surface area contributed by atoms with Crippen molar-refractivity contribution < 1.29 is 4.74 Å². The van der Waals surface area contributed by atoms with Gasteiger partial charge in [0, 0.05) is 23.5 Å². The molecule has 0 bridgehead atoms. The smallest absolute Gasteiger partial charge is 0.119 e. The highest BCUT2D eigenvalue weighted by atomic mass is 16.5. The Bertz CT molecular complexity index is 717. The molecule has 0 amide bonds. The number of methoxy groups -OCH3 is 1. The summed E-state index contributed by atoms with van der Waals surface area (Å²) in [5.74, 6) is 0.857. The molecule has 0 aliphatic heterocycles. The first-order valence-electron chi connectivity index (χ1n) is 7.49. The number of nitrogens with zero attached hydrogens (tertiary/aromatic N) is 1. The lowest BCUT2D eigenvalue weighted by atomic mass is 10.00. The van der Waals surface area contributed by atoms with E-state index in [2.05, 4.69) is 48.3 Å². The van der Waals surface area contributed by atoms with Crippen LogP contribution in [0, 0.1) is 0 Å². The third-order valence-corrected chi connectivity index (χ3v) is 3.81. The molecule has 0 saturated carbocycles. The summed E-state index contributed by atoms with van der Waals surface area (Å²) in [5.41, 5.74) is 5.88. The van der Waals surface area contributed by atoms with Crippen LogP contribution in [0.4, 0.5) is 0 Å². The molecule has 3 rings (SSSR count). The van der Waals surface area contributed by atoms with E-state index in [4.69, 9.17) is 4.74 Å². The molecule has 2 nitrogen and oxygen atoms in total. The molecule has 110 valence electrons. The molecule has 0 N–H and O–H groups in total. The van der Waals surface area contributed by atoms with Gasteiger partial charge in [0.1, 0.15) is 5.75 Å². The van der Waals surface area contributed by atoms with E-state index in [1.54, 1.807) is 7.11 Å². The van der Waals surface area contributed by atoms with Crippen LogP contribution in [0.3, 0.4) is 0 Å². The van der Waals surface area contributed by atoms with Crippen molar-refractivity contribution in [2.45, 2.75) is 13.3 Å². The third-order valence-electron chi connectivity index (χ3n) is 3.81. The Hall–Kier alpha value is -2.61. The Morgan fingerprint density at radius 2 is 1.50 bits per heavy atom. The van der Waals surface area contributed by atoms with Crippen molar-refractivity contribution in [1.82, 2.24) is 4.98 Å². The molecule has 0 unspecified atom stereocenters. The molecule has 2 aromatic carbocycles. The number of aryl methyl sites for hydroxylation is 1. The van der Waals surface area contributed by atoms with Crippen LogP contribution in [0.1, 0.15) is 12.5 Å². The van der Waals surface area contributed by atoms with Gasteiger partial charge in [-0.2, -0.15) is 0 Å². The van der Waals surface area contributed by atoms with Crippen LogP contribution in [-0.2, 0) is 6.42 Å². The van der Waals surface area contributed by atoms with Gasteiger partial charge in [0.25, 0.3) is 0 Å². The minimum Gasteiger partial charge on any atom is -0.497 e. The second kappa shape index (κ2) is 6.44. The topological polar surface area (TPSA) is 22.1 Å². The zero-order valence-electron chi connectivity index (χ0n) is 12.9. The Labute approximate surface area is 131 Å². The maximum absolute atomic E-state index is 5.30. The van der Waals surface area contributed by atoms with Gasteiger partial charge in [-0.05, 0) is 41.3 Å². The largest absolute Gasteiger partial charge is 0.497 e. The predicted octanol–water partition coefficient (Wildman–Crippen LogP) is 4.99. The number of pyridine rings is 1. The Kier molecular flexibility index (Phi) is 4.19. The third kappa shape index (κ3) is 3.01. The summed E-state index contributed by atoms with van der Waals surface area (Å²) in [5, 5.41) is 0. The number of benzene rings is 2. The minimum atomic E-state index is 0.857. The van der Waals surface area contributed by atoms with E-state index in [0.29, 0.717) is 0 Å². The summed E-state index contributed by atoms with van der Waals surface area (Å²) in [6, 6.07) is 18.8. The first kappa shape index (κ1) is 14.3. The van der Waals surface area contributed by atoms with Gasteiger partial charge < -0.3 is 4.74 Å². The van der Waals surface area contributed by atoms with Crippen molar-refractivity contribution in [3.8, 4) is 28.0 Å². The van der Waals surface area contributed by atoms with Crippen molar-refractivity contribution in [3.05, 3.63) is 72.6 Å². The molecule has 1 aromatic heterocycles. The maximum Gasteiger partial charge on any atom is 0.119 e. The highest BCUT2D eigenvalue weighted by molar-refractivity contribution is 5.72. The van der Waals surface area contributed by atoms with Crippen LogP contribution in [0.15, 0.2) is 67.0 Å². The second-order valence-corrected chi connectivity index (χ2v) is 5.25. The van der Waals surface area contributed by atoms with Gasteiger partial charge in [0.15, 0.2) is 0 Å². The van der Waals surface area contributed by atoms with E-state index in [9.17, 15) is 0 Å². The summed E-state index contributed by atoms with van der Waals surface area (Å²) >= 11 is 0. The SMILES string of the molecule is CCc1cccc(-c2cncc(-c3cccc(OC)c3)c2)c1. The van der Waals surface area contributed by atoms with Gasteiger partial charge in [0.2, 0.25) is 0 Å². The van der Waals surface area contributed by atoms with Gasteiger partial charge >= 0.3 is 0 Å². The van der Waals surface area contributed by atoms with Crippen LogP contribution in [0.25, 0.3) is 22.3 Å². The monoisotopic (exact) mass is 289 g/mol. The molecule has 0 radical (unpaired) electrons. The number of aromatic nitrogens is 1. The maximum atomic E-state index is 5.30. The quantitative estimate of drug-likeness (QED) is 0.675. The Morgan fingerprint density at radius 3 is 2.18 bits per heavy atom. The van der Waals surface area contributed by atoms with Crippen LogP contribution in [-0.4, -0.2) is 12.1 Å². The van der Waals surface area contributed by atoms with E-state index in [1.165, 1.54) is 11.1 Å². The first-order chi connectivity index (χ1) is 10.8. The fourth-order valence-corrected chi connectivity index (χ4v) is 2.53. The van der Waals surface area contributed by atoms with Gasteiger partial charge in [-0.3, -0.25) is 4.98 Å². The van der Waals surface area contributed by atoms with Crippen LogP contribution in [0.5, 0.6) is 5.75 Å². The van der Waals surface area contributed by atoms with E-state index in [0.717, 1.165) is 28.9 Å². The fraction of sp³-hybridized carbons (Fsp3) is 0.150. The van der Waals surface area contributed by atoms with Crippen molar-refractivity contribution in [1.29, 1.82) is 0 Å².